The second kappa shape index (κ2) is 4.75. The number of carboxylic acids is 1. The third-order valence-corrected chi connectivity index (χ3v) is 2.47. The van der Waals surface area contributed by atoms with Crippen LogP contribution in [0, 0.1) is 0 Å². The minimum atomic E-state index is -1.51. The van der Waals surface area contributed by atoms with E-state index < -0.39 is 11.9 Å². The van der Waals surface area contributed by atoms with Crippen molar-refractivity contribution in [2.24, 2.45) is 0 Å². The summed E-state index contributed by atoms with van der Waals surface area (Å²) in [7, 11) is 0. The van der Waals surface area contributed by atoms with E-state index in [1.807, 2.05) is 20.8 Å². The Bertz CT molecular complexity index is 463. The van der Waals surface area contributed by atoms with E-state index in [9.17, 15) is 9.59 Å². The van der Waals surface area contributed by atoms with Crippen LogP contribution in [0.5, 0.6) is 0 Å². The molecule has 0 heterocycles. The van der Waals surface area contributed by atoms with Crippen molar-refractivity contribution in [3.05, 3.63) is 28.8 Å². The first kappa shape index (κ1) is 13.5. The van der Waals surface area contributed by atoms with E-state index in [-0.39, 0.29) is 5.41 Å². The quantitative estimate of drug-likeness (QED) is 0.758. The van der Waals surface area contributed by atoms with Crippen LogP contribution in [-0.4, -0.2) is 17.0 Å². The molecule has 92 valence electrons. The lowest BCUT2D eigenvalue weighted by molar-refractivity contribution is -0.147. The normalized spacial score (nSPS) is 11.1. The molecule has 0 spiro atoms. The molecule has 1 aromatic carbocycles. The van der Waals surface area contributed by atoms with Crippen LogP contribution >= 0.6 is 11.6 Å². The Morgan fingerprint density at radius 2 is 1.88 bits per heavy atom. The van der Waals surface area contributed by atoms with E-state index in [1.54, 1.807) is 18.2 Å². The van der Waals surface area contributed by atoms with Crippen LogP contribution in [0.3, 0.4) is 0 Å². The van der Waals surface area contributed by atoms with Crippen molar-refractivity contribution in [2.45, 2.75) is 26.2 Å². The third-order valence-electron chi connectivity index (χ3n) is 2.23. The van der Waals surface area contributed by atoms with Gasteiger partial charge in [0.25, 0.3) is 0 Å². The van der Waals surface area contributed by atoms with Gasteiger partial charge in [0.15, 0.2) is 0 Å². The maximum absolute atomic E-state index is 11.1. The Balaban J connectivity index is 3.16. The highest BCUT2D eigenvalue weighted by atomic mass is 35.5. The minimum absolute atomic E-state index is 0.244. The van der Waals surface area contributed by atoms with E-state index in [0.29, 0.717) is 10.7 Å². The smallest absolute Gasteiger partial charge is 0.394 e. The van der Waals surface area contributed by atoms with Gasteiger partial charge in [0.1, 0.15) is 0 Å². The molecule has 4 nitrogen and oxygen atoms in total. The number of amides is 1. The van der Waals surface area contributed by atoms with Crippen molar-refractivity contribution in [2.75, 3.05) is 5.32 Å². The maximum atomic E-state index is 11.1. The summed E-state index contributed by atoms with van der Waals surface area (Å²) in [5.41, 5.74) is 1.01. The van der Waals surface area contributed by atoms with Crippen molar-refractivity contribution < 1.29 is 14.7 Å². The highest BCUT2D eigenvalue weighted by Gasteiger charge is 2.21. The zero-order chi connectivity index (χ0) is 13.2. The summed E-state index contributed by atoms with van der Waals surface area (Å²) >= 11 is 5.89. The van der Waals surface area contributed by atoms with Crippen molar-refractivity contribution in [1.29, 1.82) is 0 Å². The number of hydrogen-bond donors (Lipinski definition) is 2. The van der Waals surface area contributed by atoms with E-state index in [4.69, 9.17) is 16.7 Å². The van der Waals surface area contributed by atoms with Gasteiger partial charge >= 0.3 is 11.9 Å². The van der Waals surface area contributed by atoms with Gasteiger partial charge in [0.05, 0.1) is 0 Å². The molecule has 0 aliphatic rings. The SMILES string of the molecule is CC(C)(C)c1cc(Cl)ccc1NC(=O)C(=O)O. The van der Waals surface area contributed by atoms with E-state index in [0.717, 1.165) is 5.56 Å². The molecule has 0 unspecified atom stereocenters. The zero-order valence-corrected chi connectivity index (χ0v) is 10.6. The van der Waals surface area contributed by atoms with Crippen molar-refractivity contribution in [3.8, 4) is 0 Å². The molecule has 0 saturated heterocycles. The van der Waals surface area contributed by atoms with Gasteiger partial charge in [-0.15, -0.1) is 0 Å². The molecule has 17 heavy (non-hydrogen) atoms. The first-order chi connectivity index (χ1) is 7.71. The van der Waals surface area contributed by atoms with Gasteiger partial charge in [-0.1, -0.05) is 32.4 Å². The summed E-state index contributed by atoms with van der Waals surface area (Å²) < 4.78 is 0. The average Bonchev–Trinajstić information content (AvgIpc) is 2.18. The second-order valence-electron chi connectivity index (χ2n) is 4.70. The van der Waals surface area contributed by atoms with Crippen LogP contribution in [0.4, 0.5) is 5.69 Å². The first-order valence-electron chi connectivity index (χ1n) is 5.06. The average molecular weight is 256 g/mol. The number of carbonyl (C=O) groups is 2. The van der Waals surface area contributed by atoms with Gasteiger partial charge in [-0.25, -0.2) is 4.79 Å². The minimum Gasteiger partial charge on any atom is -0.474 e. The van der Waals surface area contributed by atoms with Crippen molar-refractivity contribution in [3.63, 3.8) is 0 Å². The Morgan fingerprint density at radius 1 is 1.29 bits per heavy atom. The second-order valence-corrected chi connectivity index (χ2v) is 5.14. The Kier molecular flexibility index (Phi) is 3.78. The summed E-state index contributed by atoms with van der Waals surface area (Å²) in [6.45, 7) is 5.86. The fourth-order valence-corrected chi connectivity index (χ4v) is 1.59. The number of rotatable bonds is 1. The van der Waals surface area contributed by atoms with Gasteiger partial charge in [-0.05, 0) is 29.2 Å². The Morgan fingerprint density at radius 3 is 2.35 bits per heavy atom. The van der Waals surface area contributed by atoms with Crippen LogP contribution in [0.15, 0.2) is 18.2 Å². The molecule has 0 bridgehead atoms. The number of halogens is 1. The van der Waals surface area contributed by atoms with Gasteiger partial charge in [-0.2, -0.15) is 0 Å². The van der Waals surface area contributed by atoms with Gasteiger partial charge in [0, 0.05) is 10.7 Å². The van der Waals surface area contributed by atoms with Crippen LogP contribution in [0.2, 0.25) is 5.02 Å². The maximum Gasteiger partial charge on any atom is 0.394 e. The number of aliphatic carboxylic acids is 1. The molecule has 0 aliphatic carbocycles. The van der Waals surface area contributed by atoms with Crippen LogP contribution in [0.1, 0.15) is 26.3 Å². The highest BCUT2D eigenvalue weighted by Crippen LogP contribution is 2.31. The summed E-state index contributed by atoms with van der Waals surface area (Å²) in [6.07, 6.45) is 0. The van der Waals surface area contributed by atoms with Crippen molar-refractivity contribution >= 4 is 29.2 Å². The van der Waals surface area contributed by atoms with Crippen molar-refractivity contribution in [1.82, 2.24) is 0 Å². The predicted octanol–water partition coefficient (Wildman–Crippen LogP) is 2.66. The molecule has 1 rings (SSSR count). The molecule has 2 N–H and O–H groups in total. The number of benzene rings is 1. The highest BCUT2D eigenvalue weighted by molar-refractivity contribution is 6.36. The molecule has 0 aliphatic heterocycles. The van der Waals surface area contributed by atoms with E-state index >= 15 is 0 Å². The molecule has 0 aromatic heterocycles. The molecular formula is C12H14ClNO3. The molecule has 0 fully saturated rings. The summed E-state index contributed by atoms with van der Waals surface area (Å²) in [6, 6.07) is 4.93. The number of carbonyl (C=O) groups excluding carboxylic acids is 1. The zero-order valence-electron chi connectivity index (χ0n) is 9.87. The summed E-state index contributed by atoms with van der Waals surface area (Å²) in [4.78, 5) is 21.6. The van der Waals surface area contributed by atoms with Gasteiger partial charge < -0.3 is 10.4 Å². The Hall–Kier alpha value is -1.55. The lowest BCUT2D eigenvalue weighted by Gasteiger charge is -2.23. The number of hydrogen-bond acceptors (Lipinski definition) is 2. The van der Waals surface area contributed by atoms with Gasteiger partial charge in [-0.3, -0.25) is 4.79 Å². The molecule has 0 radical (unpaired) electrons. The molecular weight excluding hydrogens is 242 g/mol. The topological polar surface area (TPSA) is 66.4 Å². The number of nitrogens with one attached hydrogen (secondary N) is 1. The third kappa shape index (κ3) is 3.46. The molecule has 0 saturated carbocycles. The van der Waals surface area contributed by atoms with E-state index in [2.05, 4.69) is 5.32 Å². The lowest BCUT2D eigenvalue weighted by Crippen LogP contribution is -2.24. The summed E-state index contributed by atoms with van der Waals surface area (Å²) in [5, 5.41) is 11.4. The largest absolute Gasteiger partial charge is 0.474 e. The number of anilines is 1. The fraction of sp³-hybridized carbons (Fsp3) is 0.333. The van der Waals surface area contributed by atoms with Crippen LogP contribution < -0.4 is 5.32 Å². The molecule has 1 aromatic rings. The Labute approximate surface area is 105 Å². The van der Waals surface area contributed by atoms with Crippen LogP contribution in [0.25, 0.3) is 0 Å². The summed E-state index contributed by atoms with van der Waals surface area (Å²) in [5.74, 6) is -2.57. The molecule has 0 atom stereocenters. The van der Waals surface area contributed by atoms with Crippen LogP contribution in [-0.2, 0) is 15.0 Å². The molecule has 5 heteroatoms. The molecule has 1 amide bonds. The predicted molar refractivity (Wildman–Crippen MR) is 66.4 cm³/mol. The first-order valence-corrected chi connectivity index (χ1v) is 5.44. The fourth-order valence-electron chi connectivity index (χ4n) is 1.42. The monoisotopic (exact) mass is 255 g/mol. The van der Waals surface area contributed by atoms with E-state index in [1.165, 1.54) is 0 Å². The lowest BCUT2D eigenvalue weighted by atomic mass is 9.86. The standard InChI is InChI=1S/C12H14ClNO3/c1-12(2,3)8-6-7(13)4-5-9(8)14-10(15)11(16)17/h4-6H,1-3H3,(H,14,15)(H,16,17). The number of carboxylic acid groups (broad SMARTS) is 1. The van der Waals surface area contributed by atoms with Gasteiger partial charge in [0.2, 0.25) is 0 Å².